The number of benzene rings is 1. The molecule has 0 aliphatic carbocycles. The van der Waals surface area contributed by atoms with Gasteiger partial charge in [0.05, 0.1) is 17.2 Å². The summed E-state index contributed by atoms with van der Waals surface area (Å²) >= 11 is 7.55. The number of carbonyl (C=O) groups excluding carboxylic acids is 1. The zero-order valence-corrected chi connectivity index (χ0v) is 15.1. The van der Waals surface area contributed by atoms with Crippen LogP contribution in [0.25, 0.3) is 0 Å². The number of allylic oxidation sites excluding steroid dienone is 1. The monoisotopic (exact) mass is 379 g/mol. The number of hydrogen-bond donors (Lipinski definition) is 1. The van der Waals surface area contributed by atoms with Crippen molar-refractivity contribution in [3.8, 4) is 0 Å². The van der Waals surface area contributed by atoms with Gasteiger partial charge in [0.2, 0.25) is 0 Å². The first-order valence-electron chi connectivity index (χ1n) is 7.59. The molecular formula is C17H15ClFN3O2S. The second-order valence-corrected chi connectivity index (χ2v) is 6.52. The van der Waals surface area contributed by atoms with E-state index in [1.54, 1.807) is 26.1 Å². The van der Waals surface area contributed by atoms with Gasteiger partial charge in [-0.05, 0) is 19.9 Å². The average Bonchev–Trinajstić information content (AvgIpc) is 3.11. The Labute approximate surface area is 153 Å². The molecule has 1 atom stereocenters. The molecule has 0 bridgehead atoms. The van der Waals surface area contributed by atoms with Crippen molar-refractivity contribution in [3.05, 3.63) is 62.5 Å². The van der Waals surface area contributed by atoms with E-state index >= 15 is 0 Å². The maximum Gasteiger partial charge on any atom is 0.338 e. The van der Waals surface area contributed by atoms with Crippen LogP contribution in [-0.2, 0) is 9.53 Å². The minimum atomic E-state index is -0.776. The van der Waals surface area contributed by atoms with Gasteiger partial charge in [0.25, 0.3) is 0 Å². The van der Waals surface area contributed by atoms with Gasteiger partial charge < -0.3 is 10.1 Å². The Morgan fingerprint density at radius 3 is 2.96 bits per heavy atom. The molecular weight excluding hydrogens is 365 g/mol. The van der Waals surface area contributed by atoms with E-state index < -0.39 is 17.8 Å². The van der Waals surface area contributed by atoms with Gasteiger partial charge in [0.15, 0.2) is 10.8 Å². The predicted molar refractivity (Wildman–Crippen MR) is 95.3 cm³/mol. The van der Waals surface area contributed by atoms with Crippen LogP contribution < -0.4 is 5.32 Å². The van der Waals surface area contributed by atoms with E-state index in [-0.39, 0.29) is 11.6 Å². The van der Waals surface area contributed by atoms with E-state index in [1.165, 1.54) is 23.5 Å². The topological polar surface area (TPSA) is 63.6 Å². The fourth-order valence-electron chi connectivity index (χ4n) is 2.56. The van der Waals surface area contributed by atoms with Gasteiger partial charge in [0.1, 0.15) is 11.9 Å². The molecule has 1 aromatic heterocycles. The van der Waals surface area contributed by atoms with Gasteiger partial charge in [-0.1, -0.05) is 23.7 Å². The largest absolute Gasteiger partial charge is 0.463 e. The normalized spacial score (nSPS) is 17.1. The molecule has 0 saturated carbocycles. The molecule has 0 saturated heterocycles. The summed E-state index contributed by atoms with van der Waals surface area (Å²) in [5.41, 5.74) is 1.28. The number of rotatable bonds is 4. The van der Waals surface area contributed by atoms with Crippen molar-refractivity contribution in [2.24, 2.45) is 4.99 Å². The Kier molecular flexibility index (Phi) is 5.15. The second-order valence-electron chi connectivity index (χ2n) is 5.24. The minimum Gasteiger partial charge on any atom is -0.463 e. The van der Waals surface area contributed by atoms with Crippen molar-refractivity contribution < 1.29 is 13.9 Å². The van der Waals surface area contributed by atoms with E-state index in [4.69, 9.17) is 16.3 Å². The highest BCUT2D eigenvalue weighted by atomic mass is 35.5. The third kappa shape index (κ3) is 3.43. The van der Waals surface area contributed by atoms with Crippen molar-refractivity contribution >= 4 is 34.7 Å². The average molecular weight is 380 g/mol. The summed E-state index contributed by atoms with van der Waals surface area (Å²) in [5.74, 6) is -0.574. The number of thiazole rings is 1. The van der Waals surface area contributed by atoms with Crippen molar-refractivity contribution in [2.75, 3.05) is 6.61 Å². The Morgan fingerprint density at radius 1 is 1.48 bits per heavy atom. The minimum absolute atomic E-state index is 0.0637. The summed E-state index contributed by atoms with van der Waals surface area (Å²) < 4.78 is 19.1. The molecule has 0 amide bonds. The third-order valence-corrected chi connectivity index (χ3v) is 4.83. The summed E-state index contributed by atoms with van der Waals surface area (Å²) in [4.78, 5) is 21.2. The second kappa shape index (κ2) is 7.33. The lowest BCUT2D eigenvalue weighted by molar-refractivity contribution is -0.138. The highest BCUT2D eigenvalue weighted by molar-refractivity contribution is 7.11. The zero-order valence-electron chi connectivity index (χ0n) is 13.5. The fourth-order valence-corrected chi connectivity index (χ4v) is 3.37. The van der Waals surface area contributed by atoms with E-state index in [1.807, 2.05) is 5.38 Å². The van der Waals surface area contributed by atoms with Crippen LogP contribution in [0.1, 0.15) is 30.5 Å². The lowest BCUT2D eigenvalue weighted by Gasteiger charge is -2.26. The number of aliphatic imine (C=N–C) groups is 1. The van der Waals surface area contributed by atoms with Crippen LogP contribution in [0, 0.1) is 5.82 Å². The molecule has 25 heavy (non-hydrogen) atoms. The predicted octanol–water partition coefficient (Wildman–Crippen LogP) is 3.86. The van der Waals surface area contributed by atoms with E-state index in [9.17, 15) is 9.18 Å². The molecule has 2 heterocycles. The number of nitrogens with one attached hydrogen (secondary N) is 1. The maximum atomic E-state index is 13.9. The molecule has 3 rings (SSSR count). The molecule has 5 nitrogen and oxygen atoms in total. The SMILES string of the molecule is CCOC(=O)C1=C(C)NC(c2nccs2)=N[C@H]1c1cccc(F)c1Cl. The highest BCUT2D eigenvalue weighted by Crippen LogP contribution is 2.37. The first kappa shape index (κ1) is 17.6. The van der Waals surface area contributed by atoms with Gasteiger partial charge in [-0.3, -0.25) is 4.99 Å². The molecule has 2 aromatic rings. The third-order valence-electron chi connectivity index (χ3n) is 3.65. The molecule has 0 radical (unpaired) electrons. The van der Waals surface area contributed by atoms with Crippen molar-refractivity contribution in [2.45, 2.75) is 19.9 Å². The molecule has 130 valence electrons. The van der Waals surface area contributed by atoms with Crippen LogP contribution in [0.5, 0.6) is 0 Å². The number of ether oxygens (including phenoxy) is 1. The fraction of sp³-hybridized carbons (Fsp3) is 0.235. The van der Waals surface area contributed by atoms with Gasteiger partial charge in [-0.2, -0.15) is 0 Å². The Bertz CT molecular complexity index is 865. The van der Waals surface area contributed by atoms with E-state index in [0.717, 1.165) is 0 Å². The molecule has 8 heteroatoms. The summed E-state index contributed by atoms with van der Waals surface area (Å²) in [6.45, 7) is 3.69. The van der Waals surface area contributed by atoms with Gasteiger partial charge in [0, 0.05) is 22.8 Å². The molecule has 1 N–H and O–H groups in total. The van der Waals surface area contributed by atoms with Gasteiger partial charge >= 0.3 is 5.97 Å². The zero-order chi connectivity index (χ0) is 18.0. The van der Waals surface area contributed by atoms with Crippen molar-refractivity contribution in [1.29, 1.82) is 0 Å². The number of nitrogens with zero attached hydrogens (tertiary/aromatic N) is 2. The summed E-state index contributed by atoms with van der Waals surface area (Å²) in [5, 5.41) is 5.51. The molecule has 1 aromatic carbocycles. The lowest BCUT2D eigenvalue weighted by Crippen LogP contribution is -2.32. The van der Waals surface area contributed by atoms with Crippen LogP contribution in [0.4, 0.5) is 4.39 Å². The summed E-state index contributed by atoms with van der Waals surface area (Å²) in [6, 6.07) is 3.67. The van der Waals surface area contributed by atoms with Crippen LogP contribution in [0.2, 0.25) is 5.02 Å². The summed E-state index contributed by atoms with van der Waals surface area (Å²) in [6.07, 6.45) is 1.66. The molecule has 0 unspecified atom stereocenters. The number of amidine groups is 1. The number of halogens is 2. The standard InChI is InChI=1S/C17H15ClFN3O2S/c1-3-24-17(23)12-9(2)21-15(16-20-7-8-25-16)22-14(12)10-5-4-6-11(19)13(10)18/h4-8,14H,3H2,1-2H3,(H,21,22)/t14-/m0/s1. The molecule has 0 spiro atoms. The van der Waals surface area contributed by atoms with Gasteiger partial charge in [-0.15, -0.1) is 11.3 Å². The Morgan fingerprint density at radius 2 is 2.28 bits per heavy atom. The number of hydrogen-bond acceptors (Lipinski definition) is 6. The molecule has 1 aliphatic heterocycles. The Hall–Kier alpha value is -2.25. The van der Waals surface area contributed by atoms with Crippen molar-refractivity contribution in [1.82, 2.24) is 10.3 Å². The quantitative estimate of drug-likeness (QED) is 0.819. The van der Waals surface area contributed by atoms with E-state index in [0.29, 0.717) is 27.7 Å². The van der Waals surface area contributed by atoms with Crippen molar-refractivity contribution in [3.63, 3.8) is 0 Å². The van der Waals surface area contributed by atoms with Crippen LogP contribution in [0.3, 0.4) is 0 Å². The van der Waals surface area contributed by atoms with Crippen LogP contribution in [0.15, 0.2) is 46.0 Å². The van der Waals surface area contributed by atoms with Crippen LogP contribution >= 0.6 is 22.9 Å². The summed E-state index contributed by atoms with van der Waals surface area (Å²) in [7, 11) is 0. The molecule has 0 fully saturated rings. The number of carbonyl (C=O) groups is 1. The van der Waals surface area contributed by atoms with Crippen LogP contribution in [-0.4, -0.2) is 23.4 Å². The highest BCUT2D eigenvalue weighted by Gasteiger charge is 2.32. The Balaban J connectivity index is 2.13. The maximum absolute atomic E-state index is 13.9. The first-order valence-corrected chi connectivity index (χ1v) is 8.85. The lowest BCUT2D eigenvalue weighted by atomic mass is 9.96. The molecule has 1 aliphatic rings. The van der Waals surface area contributed by atoms with E-state index in [2.05, 4.69) is 15.3 Å². The number of esters is 1. The van der Waals surface area contributed by atoms with Gasteiger partial charge in [-0.25, -0.2) is 14.2 Å². The smallest absolute Gasteiger partial charge is 0.338 e. The first-order chi connectivity index (χ1) is 12.0. The number of aromatic nitrogens is 1.